The number of halogens is 3. The Morgan fingerprint density at radius 3 is 2.37 bits per heavy atom. The van der Waals surface area contributed by atoms with Gasteiger partial charge in [-0.3, -0.25) is 0 Å². The monoisotopic (exact) mass is 273 g/mol. The van der Waals surface area contributed by atoms with Gasteiger partial charge in [-0.05, 0) is 19.2 Å². The predicted molar refractivity (Wildman–Crippen MR) is 64.4 cm³/mol. The molecule has 1 N–H and O–H groups in total. The highest BCUT2D eigenvalue weighted by Crippen LogP contribution is 2.20. The first-order chi connectivity index (χ1) is 8.99. The molecule has 1 aliphatic rings. The molecule has 104 valence electrons. The molecular formula is C12H14F3N3O. The topological polar surface area (TPSA) is 35.6 Å². The number of nitrogens with one attached hydrogen (secondary N) is 1. The third-order valence-electron chi connectivity index (χ3n) is 3.07. The first kappa shape index (κ1) is 13.7. The number of carbonyl (C=O) groups is 1. The van der Waals surface area contributed by atoms with E-state index in [1.807, 2.05) is 7.05 Å². The Morgan fingerprint density at radius 1 is 1.11 bits per heavy atom. The first-order valence-corrected chi connectivity index (χ1v) is 5.87. The zero-order valence-corrected chi connectivity index (χ0v) is 10.4. The van der Waals surface area contributed by atoms with Crippen LogP contribution >= 0.6 is 0 Å². The van der Waals surface area contributed by atoms with Gasteiger partial charge in [-0.25, -0.2) is 18.0 Å². The van der Waals surface area contributed by atoms with E-state index in [1.165, 1.54) is 4.90 Å². The molecule has 0 unspecified atom stereocenters. The number of benzene rings is 1. The average Bonchev–Trinajstić information content (AvgIpc) is 2.40. The summed E-state index contributed by atoms with van der Waals surface area (Å²) in [6, 6.07) is 1.26. The van der Waals surface area contributed by atoms with E-state index in [9.17, 15) is 18.0 Å². The maximum Gasteiger partial charge on any atom is 0.322 e. The highest BCUT2D eigenvalue weighted by molar-refractivity contribution is 5.89. The molecule has 1 aliphatic heterocycles. The second-order valence-corrected chi connectivity index (χ2v) is 4.44. The van der Waals surface area contributed by atoms with Crippen LogP contribution in [0.1, 0.15) is 0 Å². The van der Waals surface area contributed by atoms with Crippen LogP contribution in [0.25, 0.3) is 0 Å². The number of rotatable bonds is 1. The highest BCUT2D eigenvalue weighted by atomic mass is 19.2. The van der Waals surface area contributed by atoms with Gasteiger partial charge in [0.25, 0.3) is 0 Å². The molecule has 1 heterocycles. The summed E-state index contributed by atoms with van der Waals surface area (Å²) in [5, 5.41) is 2.25. The van der Waals surface area contributed by atoms with Gasteiger partial charge in [0.1, 0.15) is 0 Å². The minimum Gasteiger partial charge on any atom is -0.322 e. The predicted octanol–water partition coefficient (Wildman–Crippen LogP) is 1.88. The first-order valence-electron chi connectivity index (χ1n) is 5.87. The van der Waals surface area contributed by atoms with E-state index in [0.717, 1.165) is 12.1 Å². The van der Waals surface area contributed by atoms with Gasteiger partial charge in [-0.2, -0.15) is 0 Å². The van der Waals surface area contributed by atoms with E-state index < -0.39 is 23.5 Å². The van der Waals surface area contributed by atoms with E-state index in [2.05, 4.69) is 10.2 Å². The number of hydrogen-bond acceptors (Lipinski definition) is 2. The molecule has 1 aromatic carbocycles. The third kappa shape index (κ3) is 2.98. The van der Waals surface area contributed by atoms with Crippen molar-refractivity contribution in [3.05, 3.63) is 29.6 Å². The van der Waals surface area contributed by atoms with Gasteiger partial charge in [0.2, 0.25) is 0 Å². The van der Waals surface area contributed by atoms with Crippen LogP contribution in [-0.4, -0.2) is 49.1 Å². The van der Waals surface area contributed by atoms with E-state index in [0.29, 0.717) is 26.2 Å². The van der Waals surface area contributed by atoms with Gasteiger partial charge in [-0.15, -0.1) is 0 Å². The van der Waals surface area contributed by atoms with Crippen LogP contribution in [0.2, 0.25) is 0 Å². The van der Waals surface area contributed by atoms with Gasteiger partial charge < -0.3 is 15.1 Å². The molecule has 2 amide bonds. The van der Waals surface area contributed by atoms with Crippen molar-refractivity contribution in [3.8, 4) is 0 Å². The lowest BCUT2D eigenvalue weighted by Gasteiger charge is -2.32. The van der Waals surface area contributed by atoms with Crippen LogP contribution in [0.15, 0.2) is 12.1 Å². The number of anilines is 1. The molecule has 0 bridgehead atoms. The molecule has 7 heteroatoms. The third-order valence-corrected chi connectivity index (χ3v) is 3.07. The van der Waals surface area contributed by atoms with Crippen molar-refractivity contribution in [2.45, 2.75) is 0 Å². The minimum absolute atomic E-state index is 0.358. The molecule has 0 aromatic heterocycles. The molecule has 0 spiro atoms. The number of piperazine rings is 1. The molecule has 0 radical (unpaired) electrons. The number of urea groups is 1. The smallest absolute Gasteiger partial charge is 0.322 e. The Labute approximate surface area is 108 Å². The fraction of sp³-hybridized carbons (Fsp3) is 0.417. The maximum atomic E-state index is 13.4. The Hall–Kier alpha value is -1.76. The second-order valence-electron chi connectivity index (χ2n) is 4.44. The van der Waals surface area contributed by atoms with Gasteiger partial charge in [0.05, 0.1) is 5.69 Å². The van der Waals surface area contributed by atoms with Crippen LogP contribution in [0.4, 0.5) is 23.7 Å². The Balaban J connectivity index is 2.05. The number of carbonyl (C=O) groups excluding carboxylic acids is 1. The van der Waals surface area contributed by atoms with Crippen molar-refractivity contribution in [3.63, 3.8) is 0 Å². The maximum absolute atomic E-state index is 13.4. The number of amides is 2. The molecule has 0 atom stereocenters. The molecule has 19 heavy (non-hydrogen) atoms. The summed E-state index contributed by atoms with van der Waals surface area (Å²) in [7, 11) is 1.93. The van der Waals surface area contributed by atoms with Gasteiger partial charge in [-0.1, -0.05) is 0 Å². The average molecular weight is 273 g/mol. The summed E-state index contributed by atoms with van der Waals surface area (Å²) in [6.45, 7) is 2.45. The number of hydrogen-bond donors (Lipinski definition) is 1. The standard InChI is InChI=1S/C12H14F3N3O/c1-17-4-6-18(7-5-17)12(19)16-9-3-2-8(13)10(14)11(9)15/h2-3H,4-7H2,1H3,(H,16,19). The summed E-state index contributed by atoms with van der Waals surface area (Å²) < 4.78 is 39.2. The molecule has 2 rings (SSSR count). The van der Waals surface area contributed by atoms with E-state index in [1.54, 1.807) is 0 Å². The zero-order valence-electron chi connectivity index (χ0n) is 10.4. The lowest BCUT2D eigenvalue weighted by Crippen LogP contribution is -2.48. The fourth-order valence-electron chi connectivity index (χ4n) is 1.83. The molecule has 0 aliphatic carbocycles. The summed E-state index contributed by atoms with van der Waals surface area (Å²) in [6.07, 6.45) is 0. The summed E-state index contributed by atoms with van der Waals surface area (Å²) in [5.41, 5.74) is -0.358. The van der Waals surface area contributed by atoms with Gasteiger partial charge >= 0.3 is 6.03 Å². The van der Waals surface area contributed by atoms with Crippen molar-refractivity contribution in [1.29, 1.82) is 0 Å². The van der Waals surface area contributed by atoms with Crippen LogP contribution in [0.5, 0.6) is 0 Å². The molecule has 1 fully saturated rings. The Kier molecular flexibility index (Phi) is 3.94. The highest BCUT2D eigenvalue weighted by Gasteiger charge is 2.21. The van der Waals surface area contributed by atoms with Crippen molar-refractivity contribution < 1.29 is 18.0 Å². The fourth-order valence-corrected chi connectivity index (χ4v) is 1.83. The summed E-state index contributed by atoms with van der Waals surface area (Å²) in [4.78, 5) is 15.4. The zero-order chi connectivity index (χ0) is 14.0. The van der Waals surface area contributed by atoms with Crippen LogP contribution in [-0.2, 0) is 0 Å². The molecular weight excluding hydrogens is 259 g/mol. The largest absolute Gasteiger partial charge is 0.322 e. The molecule has 0 saturated carbocycles. The quantitative estimate of drug-likeness (QED) is 0.793. The van der Waals surface area contributed by atoms with Crippen LogP contribution in [0.3, 0.4) is 0 Å². The number of likely N-dealkylation sites (N-methyl/N-ethyl adjacent to an activating group) is 1. The molecule has 4 nitrogen and oxygen atoms in total. The van der Waals surface area contributed by atoms with Crippen molar-refractivity contribution in [2.24, 2.45) is 0 Å². The van der Waals surface area contributed by atoms with Crippen LogP contribution < -0.4 is 5.32 Å². The molecule has 1 aromatic rings. The lowest BCUT2D eigenvalue weighted by molar-refractivity contribution is 0.164. The SMILES string of the molecule is CN1CCN(C(=O)Nc2ccc(F)c(F)c2F)CC1. The van der Waals surface area contributed by atoms with Crippen molar-refractivity contribution in [1.82, 2.24) is 9.80 Å². The normalized spacial score (nSPS) is 16.5. The van der Waals surface area contributed by atoms with Gasteiger partial charge in [0, 0.05) is 26.2 Å². The lowest BCUT2D eigenvalue weighted by atomic mass is 10.3. The second kappa shape index (κ2) is 5.48. The van der Waals surface area contributed by atoms with E-state index in [4.69, 9.17) is 0 Å². The Bertz CT molecular complexity index is 487. The minimum atomic E-state index is -1.59. The van der Waals surface area contributed by atoms with Crippen LogP contribution in [0, 0.1) is 17.5 Å². The van der Waals surface area contributed by atoms with Gasteiger partial charge in [0.15, 0.2) is 17.5 Å². The Morgan fingerprint density at radius 2 is 1.74 bits per heavy atom. The summed E-state index contributed by atoms with van der Waals surface area (Å²) in [5.74, 6) is -4.26. The van der Waals surface area contributed by atoms with Crippen molar-refractivity contribution >= 4 is 11.7 Å². The van der Waals surface area contributed by atoms with E-state index >= 15 is 0 Å². The number of nitrogens with zero attached hydrogens (tertiary/aromatic N) is 2. The van der Waals surface area contributed by atoms with Crippen molar-refractivity contribution in [2.75, 3.05) is 38.5 Å². The summed E-state index contributed by atoms with van der Waals surface area (Å²) >= 11 is 0. The molecule has 1 saturated heterocycles. The van der Waals surface area contributed by atoms with E-state index in [-0.39, 0.29) is 5.69 Å².